The van der Waals surface area contributed by atoms with Gasteiger partial charge in [-0.2, -0.15) is 5.10 Å². The fourth-order valence-electron chi connectivity index (χ4n) is 2.95. The Labute approximate surface area is 104 Å². The number of rotatable bonds is 3. The standard InChI is InChI=1S/C13H24N4/c1-4-12-10(9-16(3)15-12)13-11(14)7-6-8-17(13)5-2/h9,11,13H,4-8,14H2,1-3H3. The van der Waals surface area contributed by atoms with Crippen LogP contribution in [0.4, 0.5) is 0 Å². The summed E-state index contributed by atoms with van der Waals surface area (Å²) in [6, 6.07) is 0.607. The van der Waals surface area contributed by atoms with Crippen molar-refractivity contribution in [1.29, 1.82) is 0 Å². The van der Waals surface area contributed by atoms with E-state index < -0.39 is 0 Å². The van der Waals surface area contributed by atoms with Crippen molar-refractivity contribution in [3.05, 3.63) is 17.5 Å². The Bertz CT molecular complexity index is 371. The SMILES string of the molecule is CCc1nn(C)cc1C1C(N)CCCN1CC. The van der Waals surface area contributed by atoms with Crippen molar-refractivity contribution in [3.63, 3.8) is 0 Å². The number of likely N-dealkylation sites (tertiary alicyclic amines) is 1. The zero-order valence-corrected chi connectivity index (χ0v) is 11.2. The fourth-order valence-corrected chi connectivity index (χ4v) is 2.95. The van der Waals surface area contributed by atoms with Gasteiger partial charge in [-0.3, -0.25) is 9.58 Å². The molecule has 2 N–H and O–H groups in total. The molecular formula is C13H24N4. The molecule has 0 radical (unpaired) electrons. The lowest BCUT2D eigenvalue weighted by atomic mass is 9.91. The zero-order valence-electron chi connectivity index (χ0n) is 11.2. The van der Waals surface area contributed by atoms with Gasteiger partial charge >= 0.3 is 0 Å². The van der Waals surface area contributed by atoms with E-state index in [1.165, 1.54) is 17.7 Å². The molecule has 4 heteroatoms. The predicted octanol–water partition coefficient (Wildman–Crippen LogP) is 1.47. The van der Waals surface area contributed by atoms with Crippen molar-refractivity contribution in [3.8, 4) is 0 Å². The minimum absolute atomic E-state index is 0.248. The third-order valence-corrected chi connectivity index (χ3v) is 3.78. The van der Waals surface area contributed by atoms with E-state index in [0.29, 0.717) is 6.04 Å². The van der Waals surface area contributed by atoms with Gasteiger partial charge in [-0.05, 0) is 32.4 Å². The van der Waals surface area contributed by atoms with Crippen LogP contribution in [0, 0.1) is 0 Å². The molecule has 96 valence electrons. The smallest absolute Gasteiger partial charge is 0.0670 e. The molecule has 4 nitrogen and oxygen atoms in total. The second-order valence-electron chi connectivity index (χ2n) is 4.94. The maximum absolute atomic E-state index is 6.33. The summed E-state index contributed by atoms with van der Waals surface area (Å²) >= 11 is 0. The Morgan fingerprint density at radius 1 is 1.47 bits per heavy atom. The molecule has 2 rings (SSSR count). The van der Waals surface area contributed by atoms with Crippen molar-refractivity contribution in [2.75, 3.05) is 13.1 Å². The first kappa shape index (κ1) is 12.6. The lowest BCUT2D eigenvalue weighted by Gasteiger charge is -2.39. The third-order valence-electron chi connectivity index (χ3n) is 3.78. The summed E-state index contributed by atoms with van der Waals surface area (Å²) in [4.78, 5) is 2.49. The van der Waals surface area contributed by atoms with Crippen molar-refractivity contribution in [2.24, 2.45) is 12.8 Å². The summed E-state index contributed by atoms with van der Waals surface area (Å²) < 4.78 is 1.92. The number of aryl methyl sites for hydroxylation is 2. The highest BCUT2D eigenvalue weighted by Gasteiger charge is 2.31. The Balaban J connectivity index is 2.33. The number of aromatic nitrogens is 2. The Kier molecular flexibility index (Phi) is 3.84. The van der Waals surface area contributed by atoms with Gasteiger partial charge in [0, 0.05) is 24.8 Å². The van der Waals surface area contributed by atoms with E-state index in [1.54, 1.807) is 0 Å². The molecule has 1 aliphatic heterocycles. The van der Waals surface area contributed by atoms with E-state index in [0.717, 1.165) is 25.9 Å². The molecular weight excluding hydrogens is 212 g/mol. The van der Waals surface area contributed by atoms with Crippen molar-refractivity contribution >= 4 is 0 Å². The normalized spacial score (nSPS) is 26.4. The monoisotopic (exact) mass is 236 g/mol. The summed E-state index contributed by atoms with van der Waals surface area (Å²) in [5.74, 6) is 0. The minimum atomic E-state index is 0.248. The van der Waals surface area contributed by atoms with Crippen LogP contribution >= 0.6 is 0 Å². The van der Waals surface area contributed by atoms with Gasteiger partial charge in [0.25, 0.3) is 0 Å². The van der Waals surface area contributed by atoms with Crippen molar-refractivity contribution < 1.29 is 0 Å². The second-order valence-corrected chi connectivity index (χ2v) is 4.94. The molecule has 2 atom stereocenters. The molecule has 0 spiro atoms. The summed E-state index contributed by atoms with van der Waals surface area (Å²) in [7, 11) is 1.99. The zero-order chi connectivity index (χ0) is 12.4. The average Bonchev–Trinajstić information content (AvgIpc) is 2.69. The number of hydrogen-bond acceptors (Lipinski definition) is 3. The van der Waals surface area contributed by atoms with Gasteiger partial charge < -0.3 is 5.73 Å². The largest absolute Gasteiger partial charge is 0.326 e. The molecule has 1 aliphatic rings. The molecule has 1 saturated heterocycles. The van der Waals surface area contributed by atoms with Crippen LogP contribution in [-0.4, -0.2) is 33.8 Å². The van der Waals surface area contributed by atoms with E-state index in [4.69, 9.17) is 5.73 Å². The molecule has 1 aromatic rings. The van der Waals surface area contributed by atoms with Crippen LogP contribution in [0.25, 0.3) is 0 Å². The van der Waals surface area contributed by atoms with Gasteiger partial charge in [0.1, 0.15) is 0 Å². The van der Waals surface area contributed by atoms with Crippen LogP contribution in [0.15, 0.2) is 6.20 Å². The lowest BCUT2D eigenvalue weighted by molar-refractivity contribution is 0.135. The van der Waals surface area contributed by atoms with Crippen LogP contribution < -0.4 is 5.73 Å². The number of nitrogens with two attached hydrogens (primary N) is 1. The molecule has 0 aliphatic carbocycles. The molecule has 0 saturated carbocycles. The van der Waals surface area contributed by atoms with Gasteiger partial charge in [-0.25, -0.2) is 0 Å². The van der Waals surface area contributed by atoms with Crippen LogP contribution in [0.5, 0.6) is 0 Å². The molecule has 0 amide bonds. The molecule has 17 heavy (non-hydrogen) atoms. The first-order valence-corrected chi connectivity index (χ1v) is 6.69. The number of hydrogen-bond donors (Lipinski definition) is 1. The topological polar surface area (TPSA) is 47.1 Å². The summed E-state index contributed by atoms with van der Waals surface area (Å²) in [5.41, 5.74) is 8.87. The van der Waals surface area contributed by atoms with Gasteiger partial charge in [-0.1, -0.05) is 13.8 Å². The van der Waals surface area contributed by atoms with Gasteiger partial charge in [0.15, 0.2) is 0 Å². The van der Waals surface area contributed by atoms with Crippen LogP contribution in [0.1, 0.15) is 44.0 Å². The van der Waals surface area contributed by atoms with E-state index in [9.17, 15) is 0 Å². The Hall–Kier alpha value is -0.870. The van der Waals surface area contributed by atoms with Gasteiger partial charge in [0.2, 0.25) is 0 Å². The predicted molar refractivity (Wildman–Crippen MR) is 69.8 cm³/mol. The maximum Gasteiger partial charge on any atom is 0.0670 e. The van der Waals surface area contributed by atoms with Crippen molar-refractivity contribution in [1.82, 2.24) is 14.7 Å². The highest BCUT2D eigenvalue weighted by molar-refractivity contribution is 5.24. The number of nitrogens with zero attached hydrogens (tertiary/aromatic N) is 3. The lowest BCUT2D eigenvalue weighted by Crippen LogP contribution is -2.45. The second kappa shape index (κ2) is 5.19. The van der Waals surface area contributed by atoms with Crippen LogP contribution in [-0.2, 0) is 13.5 Å². The Morgan fingerprint density at radius 2 is 2.24 bits per heavy atom. The van der Waals surface area contributed by atoms with E-state index in [-0.39, 0.29) is 6.04 Å². The third kappa shape index (κ3) is 2.38. The van der Waals surface area contributed by atoms with Crippen LogP contribution in [0.2, 0.25) is 0 Å². The van der Waals surface area contributed by atoms with E-state index in [1.807, 2.05) is 11.7 Å². The van der Waals surface area contributed by atoms with Gasteiger partial charge in [-0.15, -0.1) is 0 Å². The average molecular weight is 236 g/mol. The molecule has 2 heterocycles. The van der Waals surface area contributed by atoms with Gasteiger partial charge in [0.05, 0.1) is 11.7 Å². The summed E-state index contributed by atoms with van der Waals surface area (Å²) in [6.07, 6.45) is 5.47. The molecule has 2 unspecified atom stereocenters. The fraction of sp³-hybridized carbons (Fsp3) is 0.769. The molecule has 0 bridgehead atoms. The highest BCUT2D eigenvalue weighted by Crippen LogP contribution is 2.31. The number of likely N-dealkylation sites (N-methyl/N-ethyl adjacent to an activating group) is 1. The minimum Gasteiger partial charge on any atom is -0.326 e. The van der Waals surface area contributed by atoms with E-state index in [2.05, 4.69) is 30.0 Å². The highest BCUT2D eigenvalue weighted by atomic mass is 15.3. The summed E-state index contributed by atoms with van der Waals surface area (Å²) in [5, 5.41) is 4.54. The van der Waals surface area contributed by atoms with Crippen LogP contribution in [0.3, 0.4) is 0 Å². The molecule has 1 aromatic heterocycles. The quantitative estimate of drug-likeness (QED) is 0.864. The summed E-state index contributed by atoms with van der Waals surface area (Å²) in [6.45, 7) is 6.60. The first-order valence-electron chi connectivity index (χ1n) is 6.69. The van der Waals surface area contributed by atoms with Crippen molar-refractivity contribution in [2.45, 2.75) is 45.2 Å². The first-order chi connectivity index (χ1) is 8.17. The molecule has 1 fully saturated rings. The van der Waals surface area contributed by atoms with E-state index >= 15 is 0 Å². The molecule has 0 aromatic carbocycles. The Morgan fingerprint density at radius 3 is 2.88 bits per heavy atom. The number of piperidine rings is 1. The maximum atomic E-state index is 6.33.